The monoisotopic (exact) mass is 1610 g/mol. The van der Waals surface area contributed by atoms with Gasteiger partial charge in [-0.2, -0.15) is 0 Å². The Morgan fingerprint density at radius 3 is 1.15 bits per heavy atom. The predicted molar refractivity (Wildman–Crippen MR) is 475 cm³/mol. The molecule has 19 rings (SSSR count). The molecule has 0 saturated carbocycles. The van der Waals surface area contributed by atoms with Crippen LogP contribution in [0, 0.1) is 27.7 Å². The van der Waals surface area contributed by atoms with Crippen LogP contribution in [0.4, 0.5) is 0 Å². The molecule has 15 aromatic rings. The molecule has 0 aliphatic carbocycles. The smallest absolute Gasteiger partial charge is 0.258 e. The zero-order chi connectivity index (χ0) is 81.3. The summed E-state index contributed by atoms with van der Waals surface area (Å²) in [6.45, 7) is 21.1. The van der Waals surface area contributed by atoms with Crippen LogP contribution >= 0.6 is 34.0 Å². The number of pyridine rings is 4. The number of aliphatic hydroxyl groups is 1. The summed E-state index contributed by atoms with van der Waals surface area (Å²) in [5.41, 5.74) is 22.2. The van der Waals surface area contributed by atoms with Gasteiger partial charge < -0.3 is 24.4 Å². The minimum Gasteiger partial charge on any atom is -0.493 e. The fraction of sp³-hybridized carbons (Fsp3) is 0.272. The fourth-order valence-electron chi connectivity index (χ4n) is 15.4. The summed E-state index contributed by atoms with van der Waals surface area (Å²) in [6, 6.07) is 44.6. The van der Waals surface area contributed by atoms with Crippen LogP contribution in [0.5, 0.6) is 11.5 Å². The van der Waals surface area contributed by atoms with Crippen LogP contribution in [0.2, 0.25) is 0 Å². The van der Waals surface area contributed by atoms with E-state index in [2.05, 4.69) is 124 Å². The van der Waals surface area contributed by atoms with Crippen molar-refractivity contribution in [2.75, 3.05) is 93.8 Å². The van der Waals surface area contributed by atoms with Gasteiger partial charge in [-0.1, -0.05) is 42.5 Å². The molecule has 0 fully saturated rings. The highest BCUT2D eigenvalue weighted by Crippen LogP contribution is 2.36. The van der Waals surface area contributed by atoms with Crippen LogP contribution in [0.25, 0.3) is 121 Å². The molecule has 0 radical (unpaired) electrons. The molecule has 0 spiro atoms. The minimum absolute atomic E-state index is 0.0577. The molecule has 15 heterocycles. The molecular weight excluding hydrogens is 1520 g/mol. The van der Waals surface area contributed by atoms with Crippen LogP contribution in [-0.2, 0) is 0 Å². The number of hydrogen-bond donors (Lipinski definition) is 1. The fourth-order valence-corrected chi connectivity index (χ4v) is 18.0. The number of ether oxygens (including phenoxy) is 2. The second-order valence-corrected chi connectivity index (χ2v) is 34.0. The summed E-state index contributed by atoms with van der Waals surface area (Å²) >= 11 is 4.96. The third kappa shape index (κ3) is 17.4. The van der Waals surface area contributed by atoms with Gasteiger partial charge in [-0.3, -0.25) is 46.6 Å². The zero-order valence-electron chi connectivity index (χ0n) is 67.2. The first-order valence-corrected chi connectivity index (χ1v) is 41.8. The zero-order valence-corrected chi connectivity index (χ0v) is 69.7. The van der Waals surface area contributed by atoms with Gasteiger partial charge in [-0.05, 0) is 228 Å². The second-order valence-electron chi connectivity index (χ2n) is 30.3. The molecule has 0 bridgehead atoms. The molecule has 0 amide bonds. The van der Waals surface area contributed by atoms with Crippen LogP contribution in [-0.4, -0.2) is 177 Å². The van der Waals surface area contributed by atoms with E-state index in [-0.39, 0.29) is 28.8 Å². The molecule has 4 aliphatic rings. The molecule has 25 heteroatoms. The number of nitrogens with zero attached hydrogens (tertiary/aromatic N) is 15. The SMILES string of the molecule is COc1ccc(-c2cc(=O)n3cc(C4=CCN(C)CC4)c(C)cc3n2)cc1OC.Cc1nc2ccc(-c3cc(=O)n4cc(C5=CCN(C(C)C)CC5)ccc4n3)cc2s1.Cc1nc2ccc(-c3cc(=O)n4cc(C5=CCN(C)CC5)ccc4n3)cc2s1.Cc1nc2ccc(-c3cc(=O)n4cc(C5=CCN(CCO)CC5)ccc4n3)cc2s1. The maximum Gasteiger partial charge on any atom is 0.258 e. The average molecular weight is 1620 g/mol. The lowest BCUT2D eigenvalue weighted by Gasteiger charge is -2.29. The molecule has 11 aromatic heterocycles. The van der Waals surface area contributed by atoms with Gasteiger partial charge in [-0.25, -0.2) is 34.9 Å². The number of aliphatic hydroxyl groups excluding tert-OH is 1. The van der Waals surface area contributed by atoms with Crippen molar-refractivity contribution in [1.29, 1.82) is 0 Å². The Morgan fingerprint density at radius 1 is 0.393 bits per heavy atom. The lowest BCUT2D eigenvalue weighted by molar-refractivity contribution is 0.208. The van der Waals surface area contributed by atoms with Gasteiger partial charge in [0.15, 0.2) is 11.5 Å². The van der Waals surface area contributed by atoms with Crippen molar-refractivity contribution in [3.8, 4) is 56.5 Å². The lowest BCUT2D eigenvalue weighted by atomic mass is 9.97. The van der Waals surface area contributed by atoms with E-state index in [4.69, 9.17) is 34.5 Å². The van der Waals surface area contributed by atoms with E-state index in [1.807, 2.05) is 130 Å². The largest absolute Gasteiger partial charge is 0.493 e. The Bertz CT molecular complexity index is 6760. The maximum absolute atomic E-state index is 12.9. The van der Waals surface area contributed by atoms with Gasteiger partial charge in [0, 0.05) is 136 Å². The lowest BCUT2D eigenvalue weighted by Crippen LogP contribution is -2.34. The molecule has 117 heavy (non-hydrogen) atoms. The summed E-state index contributed by atoms with van der Waals surface area (Å²) < 4.78 is 20.6. The van der Waals surface area contributed by atoms with Crippen molar-refractivity contribution in [1.82, 2.24) is 72.1 Å². The molecule has 1 N–H and O–H groups in total. The van der Waals surface area contributed by atoms with Gasteiger partial charge in [0.05, 0.1) is 89.3 Å². The van der Waals surface area contributed by atoms with Gasteiger partial charge in [0.2, 0.25) is 0 Å². The number of β-amino-alcohol motifs (C(OH)–C–C–N with tert-alkyl or cyclic N) is 1. The molecule has 594 valence electrons. The predicted octanol–water partition coefficient (Wildman–Crippen LogP) is 15.5. The average Bonchev–Trinajstić information content (AvgIpc) is 1.10. The van der Waals surface area contributed by atoms with Gasteiger partial charge >= 0.3 is 0 Å². The van der Waals surface area contributed by atoms with Crippen LogP contribution < -0.4 is 31.7 Å². The first-order chi connectivity index (χ1) is 56.6. The number of aryl methyl sites for hydroxylation is 4. The van der Waals surface area contributed by atoms with E-state index >= 15 is 0 Å². The normalized spacial score (nSPS) is 15.1. The summed E-state index contributed by atoms with van der Waals surface area (Å²) in [4.78, 5) is 93.2. The number of thiazole rings is 3. The van der Waals surface area contributed by atoms with E-state index in [9.17, 15) is 19.2 Å². The van der Waals surface area contributed by atoms with Crippen LogP contribution in [0.3, 0.4) is 0 Å². The molecule has 0 unspecified atom stereocenters. The third-order valence-corrected chi connectivity index (χ3v) is 24.8. The Balaban J connectivity index is 0.000000117. The van der Waals surface area contributed by atoms with Crippen molar-refractivity contribution in [3.05, 3.63) is 273 Å². The molecule has 22 nitrogen and oxygen atoms in total. The van der Waals surface area contributed by atoms with Crippen molar-refractivity contribution in [2.24, 2.45) is 0 Å². The van der Waals surface area contributed by atoms with Crippen LogP contribution in [0.1, 0.15) is 82.4 Å². The second kappa shape index (κ2) is 34.3. The maximum atomic E-state index is 12.9. The van der Waals surface area contributed by atoms with Crippen molar-refractivity contribution in [2.45, 2.75) is 73.3 Å². The number of aromatic nitrogens is 11. The van der Waals surface area contributed by atoms with Crippen molar-refractivity contribution < 1.29 is 14.6 Å². The Labute approximate surface area is 688 Å². The highest BCUT2D eigenvalue weighted by Gasteiger charge is 2.22. The standard InChI is InChI=1S/C24H24N4OS.C23H22N4O2S.C23H25N3O3.C22H20N4OS/c1-15(2)27-10-8-17(9-11-27)19-5-7-23-26-21(13-24(29)28(23)14-19)18-4-6-20-22(12-18)30-16(3)25-20;1-15-24-19-4-2-17(12-21(19)30-15)20-13-23(29)27-14-18(3-5-22(27)25-20)16-6-8-26(9-7-16)10-11-28;1-15-11-22-24-19(17-5-6-20(28-3)21(12-17)29-4)13-23(27)26(22)14-18(15)16-7-9-25(2)10-8-16;1-14-23-18-5-3-16(11-20(18)28-14)19-12-22(27)26-13-17(4-6-21(26)24-19)15-7-9-25(2)10-8-15/h4-8,12-15H,9-11H2,1-3H3;2-6,12-14,28H,7-11H2,1H3;5-7,11-14H,8-10H2,1-4H3;3-7,11-13H,8-10H2,1-2H3. The molecular formula is C92H91N15O7S3. The summed E-state index contributed by atoms with van der Waals surface area (Å²) in [5, 5.41) is 12.2. The van der Waals surface area contributed by atoms with E-state index in [1.54, 1.807) is 90.1 Å². The molecule has 0 saturated heterocycles. The van der Waals surface area contributed by atoms with E-state index in [0.29, 0.717) is 69.5 Å². The Hall–Kier alpha value is -11.7. The third-order valence-electron chi connectivity index (χ3n) is 22.0. The van der Waals surface area contributed by atoms with Crippen LogP contribution in [0.15, 0.2) is 208 Å². The Kier molecular flexibility index (Phi) is 23.2. The number of rotatable bonds is 13. The highest BCUT2D eigenvalue weighted by atomic mass is 32.1. The van der Waals surface area contributed by atoms with Gasteiger partial charge in [0.1, 0.15) is 22.6 Å². The summed E-state index contributed by atoms with van der Waals surface area (Å²) in [6.07, 6.45) is 20.5. The number of methoxy groups -OCH3 is 2. The number of fused-ring (bicyclic) bond motifs is 7. The van der Waals surface area contributed by atoms with Gasteiger partial charge in [0.25, 0.3) is 22.2 Å². The summed E-state index contributed by atoms with van der Waals surface area (Å²) in [5.74, 6) is 1.24. The first kappa shape index (κ1) is 79.2. The number of hydrogen-bond acceptors (Lipinski definition) is 21. The van der Waals surface area contributed by atoms with Crippen molar-refractivity contribution in [3.63, 3.8) is 0 Å². The quantitative estimate of drug-likeness (QED) is 0.113. The molecule has 4 aliphatic heterocycles. The molecule has 0 atom stereocenters. The molecule has 4 aromatic carbocycles. The summed E-state index contributed by atoms with van der Waals surface area (Å²) in [7, 11) is 7.42. The minimum atomic E-state index is -0.102. The first-order valence-electron chi connectivity index (χ1n) is 39.4. The van der Waals surface area contributed by atoms with E-state index < -0.39 is 0 Å². The number of likely N-dealkylation sites (N-methyl/N-ethyl adjacent to an activating group) is 2. The number of benzene rings is 4. The van der Waals surface area contributed by atoms with E-state index in [1.165, 1.54) is 22.3 Å². The van der Waals surface area contributed by atoms with Crippen molar-refractivity contribution >= 4 is 110 Å². The van der Waals surface area contributed by atoms with Gasteiger partial charge in [-0.15, -0.1) is 34.0 Å². The Morgan fingerprint density at radius 2 is 0.769 bits per heavy atom. The highest BCUT2D eigenvalue weighted by molar-refractivity contribution is 7.19. The van der Waals surface area contributed by atoms with E-state index in [0.717, 1.165) is 174 Å². The topological polar surface area (TPSA) is 228 Å².